The van der Waals surface area contributed by atoms with Gasteiger partial charge in [0.15, 0.2) is 0 Å². The molecule has 0 saturated heterocycles. The number of nitrogens with two attached hydrogens (primary N) is 2. The van der Waals surface area contributed by atoms with E-state index in [9.17, 15) is 0 Å². The lowest BCUT2D eigenvalue weighted by Gasteiger charge is -2.32. The molecule has 0 aliphatic rings. The Bertz CT molecular complexity index is 260. The van der Waals surface area contributed by atoms with E-state index in [0.717, 1.165) is 0 Å². The quantitative estimate of drug-likeness (QED) is 0.408. The Hall–Kier alpha value is -0.960. The highest BCUT2D eigenvalue weighted by Gasteiger charge is 2.32. The van der Waals surface area contributed by atoms with Crippen molar-refractivity contribution in [3.05, 3.63) is 0 Å². The monoisotopic (exact) mass is 164 g/mol. The van der Waals surface area contributed by atoms with Gasteiger partial charge in [0.05, 0.1) is 0 Å². The van der Waals surface area contributed by atoms with Crippen molar-refractivity contribution >= 4 is 0 Å². The summed E-state index contributed by atoms with van der Waals surface area (Å²) in [5.41, 5.74) is 10.3. The molecule has 0 bridgehead atoms. The van der Waals surface area contributed by atoms with E-state index in [0.29, 0.717) is 0 Å². The van der Waals surface area contributed by atoms with Crippen molar-refractivity contribution in [3.63, 3.8) is 0 Å². The molecular formula is C10H16N2. The molecule has 0 aliphatic heterocycles. The van der Waals surface area contributed by atoms with E-state index in [1.807, 2.05) is 20.8 Å². The van der Waals surface area contributed by atoms with E-state index in [1.54, 1.807) is 6.92 Å². The summed E-state index contributed by atoms with van der Waals surface area (Å²) in [4.78, 5) is 0. The standard InChI is InChI=1S/C10H16N2/c1-5-6-7-8-10(11,12)9(2,3)4/h11-12H2,1-4H3. The summed E-state index contributed by atoms with van der Waals surface area (Å²) in [5.74, 6) is 10.6. The van der Waals surface area contributed by atoms with Crippen LogP contribution in [0.1, 0.15) is 27.7 Å². The summed E-state index contributed by atoms with van der Waals surface area (Å²) in [6, 6.07) is 0. The van der Waals surface area contributed by atoms with Gasteiger partial charge in [0.2, 0.25) is 0 Å². The zero-order chi connectivity index (χ0) is 9.83. The van der Waals surface area contributed by atoms with Crippen LogP contribution in [0.3, 0.4) is 0 Å². The smallest absolute Gasteiger partial charge is 0.133 e. The van der Waals surface area contributed by atoms with Gasteiger partial charge in [-0.15, -0.1) is 0 Å². The minimum Gasteiger partial charge on any atom is -0.303 e. The van der Waals surface area contributed by atoms with E-state index >= 15 is 0 Å². The lowest BCUT2D eigenvalue weighted by molar-refractivity contribution is 0.259. The van der Waals surface area contributed by atoms with Gasteiger partial charge in [-0.2, -0.15) is 0 Å². The molecule has 12 heavy (non-hydrogen) atoms. The molecule has 0 aromatic heterocycles. The average molecular weight is 164 g/mol. The topological polar surface area (TPSA) is 52.0 Å². The fourth-order valence-electron chi connectivity index (χ4n) is 0.385. The summed E-state index contributed by atoms with van der Waals surface area (Å²) in [6.45, 7) is 7.56. The van der Waals surface area contributed by atoms with Crippen LogP contribution in [0.4, 0.5) is 0 Å². The Morgan fingerprint density at radius 2 is 1.50 bits per heavy atom. The molecule has 0 rings (SSSR count). The van der Waals surface area contributed by atoms with Crippen LogP contribution in [0.15, 0.2) is 0 Å². The predicted molar refractivity (Wildman–Crippen MR) is 51.8 cm³/mol. The van der Waals surface area contributed by atoms with Crippen LogP contribution >= 0.6 is 0 Å². The van der Waals surface area contributed by atoms with Crippen molar-refractivity contribution in [1.82, 2.24) is 0 Å². The second-order valence-electron chi connectivity index (χ2n) is 3.74. The van der Waals surface area contributed by atoms with Crippen molar-refractivity contribution in [3.8, 4) is 23.7 Å². The fraction of sp³-hybridized carbons (Fsp3) is 0.600. The van der Waals surface area contributed by atoms with Crippen molar-refractivity contribution in [2.75, 3.05) is 0 Å². The number of hydrogen-bond acceptors (Lipinski definition) is 2. The number of rotatable bonds is 0. The highest BCUT2D eigenvalue weighted by atomic mass is 15.0. The first kappa shape index (κ1) is 11.0. The molecule has 0 unspecified atom stereocenters. The molecule has 0 amide bonds. The minimum absolute atomic E-state index is 0.241. The lowest BCUT2D eigenvalue weighted by Crippen LogP contribution is -2.58. The Labute approximate surface area is 74.7 Å². The van der Waals surface area contributed by atoms with Crippen LogP contribution in [0.5, 0.6) is 0 Å². The fourth-order valence-corrected chi connectivity index (χ4v) is 0.385. The van der Waals surface area contributed by atoms with Crippen LogP contribution in [-0.4, -0.2) is 5.66 Å². The highest BCUT2D eigenvalue weighted by molar-refractivity contribution is 5.30. The van der Waals surface area contributed by atoms with E-state index in [2.05, 4.69) is 23.7 Å². The van der Waals surface area contributed by atoms with Gasteiger partial charge in [0, 0.05) is 5.41 Å². The molecular weight excluding hydrogens is 148 g/mol. The normalized spacial score (nSPS) is 10.8. The van der Waals surface area contributed by atoms with Crippen LogP contribution in [0.25, 0.3) is 0 Å². The SMILES string of the molecule is CC#CC#CC(N)(N)C(C)(C)C. The lowest BCUT2D eigenvalue weighted by atomic mass is 9.82. The molecule has 66 valence electrons. The molecule has 2 nitrogen and oxygen atoms in total. The molecule has 0 saturated carbocycles. The maximum Gasteiger partial charge on any atom is 0.133 e. The Kier molecular flexibility index (Phi) is 3.34. The summed E-state index contributed by atoms with van der Waals surface area (Å²) in [5, 5.41) is 0. The van der Waals surface area contributed by atoms with Crippen LogP contribution < -0.4 is 11.5 Å². The van der Waals surface area contributed by atoms with E-state index in [-0.39, 0.29) is 5.41 Å². The third-order valence-electron chi connectivity index (χ3n) is 1.70. The van der Waals surface area contributed by atoms with Gasteiger partial charge < -0.3 is 11.5 Å². The maximum absolute atomic E-state index is 5.77. The van der Waals surface area contributed by atoms with Gasteiger partial charge in [-0.3, -0.25) is 0 Å². The molecule has 2 heteroatoms. The highest BCUT2D eigenvalue weighted by Crippen LogP contribution is 2.22. The van der Waals surface area contributed by atoms with Crippen LogP contribution in [0.2, 0.25) is 0 Å². The van der Waals surface area contributed by atoms with Gasteiger partial charge in [-0.05, 0) is 18.8 Å². The van der Waals surface area contributed by atoms with Crippen molar-refractivity contribution in [2.45, 2.75) is 33.4 Å². The van der Waals surface area contributed by atoms with Gasteiger partial charge in [0.25, 0.3) is 0 Å². The second-order valence-corrected chi connectivity index (χ2v) is 3.74. The summed E-state index contributed by atoms with van der Waals surface area (Å²) in [7, 11) is 0. The summed E-state index contributed by atoms with van der Waals surface area (Å²) in [6.07, 6.45) is 0. The Morgan fingerprint density at radius 1 is 1.00 bits per heavy atom. The van der Waals surface area contributed by atoms with Crippen molar-refractivity contribution in [1.29, 1.82) is 0 Å². The first-order valence-corrected chi connectivity index (χ1v) is 3.83. The molecule has 4 N–H and O–H groups in total. The van der Waals surface area contributed by atoms with Crippen molar-refractivity contribution in [2.24, 2.45) is 16.9 Å². The Balaban J connectivity index is 4.64. The maximum atomic E-state index is 5.77. The minimum atomic E-state index is -0.975. The van der Waals surface area contributed by atoms with E-state index < -0.39 is 5.66 Å². The van der Waals surface area contributed by atoms with E-state index in [4.69, 9.17) is 11.5 Å². The molecule has 0 spiro atoms. The van der Waals surface area contributed by atoms with Crippen LogP contribution in [-0.2, 0) is 0 Å². The molecule has 0 aromatic carbocycles. The van der Waals surface area contributed by atoms with Gasteiger partial charge >= 0.3 is 0 Å². The summed E-state index contributed by atoms with van der Waals surface area (Å²) >= 11 is 0. The van der Waals surface area contributed by atoms with E-state index in [1.165, 1.54) is 0 Å². The van der Waals surface area contributed by atoms with Gasteiger partial charge in [0.1, 0.15) is 5.66 Å². The summed E-state index contributed by atoms with van der Waals surface area (Å²) < 4.78 is 0. The molecule has 0 aliphatic carbocycles. The third kappa shape index (κ3) is 2.96. The second kappa shape index (κ2) is 3.63. The first-order chi connectivity index (χ1) is 5.31. The average Bonchev–Trinajstić information content (AvgIpc) is 1.85. The molecule has 0 heterocycles. The largest absolute Gasteiger partial charge is 0.303 e. The van der Waals surface area contributed by atoms with Crippen LogP contribution in [0, 0.1) is 29.1 Å². The first-order valence-electron chi connectivity index (χ1n) is 3.83. The Morgan fingerprint density at radius 3 is 1.83 bits per heavy atom. The predicted octanol–water partition coefficient (Wildman–Crippen LogP) is 0.673. The number of hydrogen-bond donors (Lipinski definition) is 2. The van der Waals surface area contributed by atoms with Gasteiger partial charge in [-0.1, -0.05) is 32.6 Å². The molecule has 0 aromatic rings. The molecule has 0 atom stereocenters. The zero-order valence-corrected chi connectivity index (χ0v) is 8.15. The molecule has 0 fully saturated rings. The van der Waals surface area contributed by atoms with Gasteiger partial charge in [-0.25, -0.2) is 0 Å². The van der Waals surface area contributed by atoms with Crippen molar-refractivity contribution < 1.29 is 0 Å². The molecule has 0 radical (unpaired) electrons. The zero-order valence-electron chi connectivity index (χ0n) is 8.15. The third-order valence-corrected chi connectivity index (χ3v) is 1.70.